The summed E-state index contributed by atoms with van der Waals surface area (Å²) in [5.74, 6) is 0. The minimum atomic E-state index is 0.329. The Balaban J connectivity index is 1.72. The van der Waals surface area contributed by atoms with E-state index in [2.05, 4.69) is 30.6 Å². The Hall–Kier alpha value is -0.120. The molecule has 94 valence electrons. The number of hydrogen-bond acceptors (Lipinski definition) is 3. The molecule has 0 aliphatic carbocycles. The second-order valence-electron chi connectivity index (χ2n) is 6.09. The Labute approximate surface area is 99.7 Å². The van der Waals surface area contributed by atoms with Crippen LogP contribution in [0.25, 0.3) is 0 Å². The number of nitrogens with zero attached hydrogens (tertiary/aromatic N) is 2. The van der Waals surface area contributed by atoms with Gasteiger partial charge >= 0.3 is 0 Å². The van der Waals surface area contributed by atoms with E-state index in [1.54, 1.807) is 0 Å². The van der Waals surface area contributed by atoms with Crippen LogP contribution in [-0.4, -0.2) is 60.8 Å². The molecule has 0 aromatic rings. The zero-order chi connectivity index (χ0) is 11.6. The first-order valence-electron chi connectivity index (χ1n) is 6.65. The minimum Gasteiger partial charge on any atom is -0.377 e. The normalized spacial score (nSPS) is 29.8. The molecule has 1 unspecified atom stereocenters. The van der Waals surface area contributed by atoms with Crippen molar-refractivity contribution < 1.29 is 4.74 Å². The van der Waals surface area contributed by atoms with Crippen LogP contribution in [0.3, 0.4) is 0 Å². The summed E-state index contributed by atoms with van der Waals surface area (Å²) < 4.78 is 5.69. The molecule has 0 amide bonds. The highest BCUT2D eigenvalue weighted by Crippen LogP contribution is 2.18. The standard InChI is InChI=1S/C13H26N2O/c1-13(2,3)15-8-6-14(7-9-15)11-12-5-4-10-16-12/h12H,4-11H2,1-3H3. The van der Waals surface area contributed by atoms with E-state index in [4.69, 9.17) is 4.74 Å². The third kappa shape index (κ3) is 3.19. The summed E-state index contributed by atoms with van der Waals surface area (Å²) in [6.07, 6.45) is 3.03. The van der Waals surface area contributed by atoms with Gasteiger partial charge in [0.15, 0.2) is 0 Å². The highest BCUT2D eigenvalue weighted by atomic mass is 16.5. The predicted molar refractivity (Wildman–Crippen MR) is 66.7 cm³/mol. The molecule has 16 heavy (non-hydrogen) atoms. The third-order valence-corrected chi connectivity index (χ3v) is 3.81. The third-order valence-electron chi connectivity index (χ3n) is 3.81. The monoisotopic (exact) mass is 226 g/mol. The molecule has 0 radical (unpaired) electrons. The van der Waals surface area contributed by atoms with Gasteiger partial charge in [-0.15, -0.1) is 0 Å². The zero-order valence-electron chi connectivity index (χ0n) is 11.0. The smallest absolute Gasteiger partial charge is 0.0702 e. The van der Waals surface area contributed by atoms with E-state index in [0.717, 1.165) is 13.2 Å². The lowest BCUT2D eigenvalue weighted by Crippen LogP contribution is -2.54. The van der Waals surface area contributed by atoms with Crippen LogP contribution in [-0.2, 0) is 4.74 Å². The molecule has 2 heterocycles. The van der Waals surface area contributed by atoms with Crippen molar-refractivity contribution in [3.63, 3.8) is 0 Å². The Morgan fingerprint density at radius 2 is 1.81 bits per heavy atom. The first-order valence-corrected chi connectivity index (χ1v) is 6.65. The fraction of sp³-hybridized carbons (Fsp3) is 1.00. The number of piperazine rings is 1. The molecule has 0 aromatic heterocycles. The maximum absolute atomic E-state index is 5.69. The molecular weight excluding hydrogens is 200 g/mol. The fourth-order valence-electron chi connectivity index (χ4n) is 2.68. The van der Waals surface area contributed by atoms with Crippen molar-refractivity contribution >= 4 is 0 Å². The van der Waals surface area contributed by atoms with Crippen LogP contribution < -0.4 is 0 Å². The van der Waals surface area contributed by atoms with Gasteiger partial charge in [-0.2, -0.15) is 0 Å². The van der Waals surface area contributed by atoms with E-state index in [9.17, 15) is 0 Å². The highest BCUT2D eigenvalue weighted by Gasteiger charge is 2.27. The van der Waals surface area contributed by atoms with Crippen LogP contribution in [0.4, 0.5) is 0 Å². The van der Waals surface area contributed by atoms with Crippen molar-refractivity contribution in [2.45, 2.75) is 45.3 Å². The first kappa shape index (κ1) is 12.3. The molecule has 3 nitrogen and oxygen atoms in total. The molecule has 2 aliphatic heterocycles. The maximum Gasteiger partial charge on any atom is 0.0702 e. The number of rotatable bonds is 2. The summed E-state index contributed by atoms with van der Waals surface area (Å²) in [6.45, 7) is 13.9. The lowest BCUT2D eigenvalue weighted by molar-refractivity contribution is 0.0262. The van der Waals surface area contributed by atoms with Gasteiger partial charge in [0.05, 0.1) is 6.10 Å². The fourth-order valence-corrected chi connectivity index (χ4v) is 2.68. The second-order valence-corrected chi connectivity index (χ2v) is 6.09. The Bertz CT molecular complexity index is 210. The molecule has 0 saturated carbocycles. The van der Waals surface area contributed by atoms with E-state index >= 15 is 0 Å². The van der Waals surface area contributed by atoms with Gasteiger partial charge in [-0.25, -0.2) is 0 Å². The molecular formula is C13H26N2O. The van der Waals surface area contributed by atoms with Gasteiger partial charge in [0.1, 0.15) is 0 Å². The minimum absolute atomic E-state index is 0.329. The molecule has 2 saturated heterocycles. The summed E-state index contributed by atoms with van der Waals surface area (Å²) in [4.78, 5) is 5.15. The molecule has 0 aromatic carbocycles. The van der Waals surface area contributed by atoms with Crippen molar-refractivity contribution in [3.05, 3.63) is 0 Å². The van der Waals surface area contributed by atoms with Crippen molar-refractivity contribution in [2.24, 2.45) is 0 Å². The quantitative estimate of drug-likeness (QED) is 0.711. The topological polar surface area (TPSA) is 15.7 Å². The summed E-state index contributed by atoms with van der Waals surface area (Å²) in [5, 5.41) is 0. The van der Waals surface area contributed by atoms with Crippen LogP contribution >= 0.6 is 0 Å². The molecule has 2 fully saturated rings. The van der Waals surface area contributed by atoms with Crippen molar-refractivity contribution in [1.82, 2.24) is 9.80 Å². The summed E-state index contributed by atoms with van der Waals surface area (Å²) in [7, 11) is 0. The van der Waals surface area contributed by atoms with Gasteiger partial charge in [-0.05, 0) is 33.6 Å². The van der Waals surface area contributed by atoms with E-state index in [-0.39, 0.29) is 0 Å². The average molecular weight is 226 g/mol. The van der Waals surface area contributed by atoms with E-state index in [1.165, 1.54) is 39.0 Å². The second kappa shape index (κ2) is 5.03. The van der Waals surface area contributed by atoms with Gasteiger partial charge in [-0.1, -0.05) is 0 Å². The van der Waals surface area contributed by atoms with Crippen molar-refractivity contribution in [2.75, 3.05) is 39.3 Å². The van der Waals surface area contributed by atoms with Gasteiger partial charge in [-0.3, -0.25) is 9.80 Å². The largest absolute Gasteiger partial charge is 0.377 e. The number of ether oxygens (including phenoxy) is 1. The highest BCUT2D eigenvalue weighted by molar-refractivity contribution is 4.83. The van der Waals surface area contributed by atoms with Gasteiger partial charge in [0.25, 0.3) is 0 Å². The maximum atomic E-state index is 5.69. The molecule has 0 bridgehead atoms. The van der Waals surface area contributed by atoms with E-state index < -0.39 is 0 Å². The Kier molecular flexibility index (Phi) is 3.88. The van der Waals surface area contributed by atoms with Gasteiger partial charge < -0.3 is 4.74 Å². The Morgan fingerprint density at radius 1 is 1.12 bits per heavy atom. The summed E-state index contributed by atoms with van der Waals surface area (Å²) in [5.41, 5.74) is 0.329. The Morgan fingerprint density at radius 3 is 2.31 bits per heavy atom. The van der Waals surface area contributed by atoms with Gasteiger partial charge in [0, 0.05) is 44.9 Å². The van der Waals surface area contributed by atoms with E-state index in [0.29, 0.717) is 11.6 Å². The molecule has 2 aliphatic rings. The molecule has 3 heteroatoms. The van der Waals surface area contributed by atoms with Crippen molar-refractivity contribution in [3.8, 4) is 0 Å². The first-order chi connectivity index (χ1) is 7.55. The molecule has 1 atom stereocenters. The summed E-state index contributed by atoms with van der Waals surface area (Å²) >= 11 is 0. The summed E-state index contributed by atoms with van der Waals surface area (Å²) in [6, 6.07) is 0. The lowest BCUT2D eigenvalue weighted by Gasteiger charge is -2.42. The van der Waals surface area contributed by atoms with Crippen LogP contribution in [0.2, 0.25) is 0 Å². The van der Waals surface area contributed by atoms with E-state index in [1.807, 2.05) is 0 Å². The van der Waals surface area contributed by atoms with Crippen LogP contribution in [0.5, 0.6) is 0 Å². The zero-order valence-corrected chi connectivity index (χ0v) is 11.0. The van der Waals surface area contributed by atoms with Crippen LogP contribution in [0.1, 0.15) is 33.6 Å². The van der Waals surface area contributed by atoms with Crippen LogP contribution in [0.15, 0.2) is 0 Å². The molecule has 2 rings (SSSR count). The van der Waals surface area contributed by atoms with Crippen LogP contribution in [0, 0.1) is 0 Å². The van der Waals surface area contributed by atoms with Crippen molar-refractivity contribution in [1.29, 1.82) is 0 Å². The lowest BCUT2D eigenvalue weighted by atomic mass is 10.0. The number of hydrogen-bond donors (Lipinski definition) is 0. The average Bonchev–Trinajstić information content (AvgIpc) is 2.70. The predicted octanol–water partition coefficient (Wildman–Crippen LogP) is 1.58. The molecule has 0 spiro atoms. The van der Waals surface area contributed by atoms with Gasteiger partial charge in [0.2, 0.25) is 0 Å². The molecule has 0 N–H and O–H groups in total. The SMILES string of the molecule is CC(C)(C)N1CCN(CC2CCCO2)CC1.